The van der Waals surface area contributed by atoms with Gasteiger partial charge in [0.2, 0.25) is 5.76 Å². The summed E-state index contributed by atoms with van der Waals surface area (Å²) >= 11 is 0. The molecule has 11 heteroatoms. The highest BCUT2D eigenvalue weighted by atomic mass is 19.4. The van der Waals surface area contributed by atoms with Gasteiger partial charge in [-0.25, -0.2) is 4.98 Å². The zero-order valence-corrected chi connectivity index (χ0v) is 17.6. The predicted octanol–water partition coefficient (Wildman–Crippen LogP) is 3.74. The van der Waals surface area contributed by atoms with E-state index in [-0.39, 0.29) is 47.7 Å². The molecule has 0 radical (unpaired) electrons. The summed E-state index contributed by atoms with van der Waals surface area (Å²) in [6.07, 6.45) is -3.04. The van der Waals surface area contributed by atoms with Gasteiger partial charge in [0.1, 0.15) is 5.82 Å². The number of alkyl halides is 3. The summed E-state index contributed by atoms with van der Waals surface area (Å²) in [4.78, 5) is 32.9. The summed E-state index contributed by atoms with van der Waals surface area (Å²) in [6, 6.07) is 9.36. The molecule has 0 aliphatic carbocycles. The Morgan fingerprint density at radius 1 is 1.00 bits per heavy atom. The number of carbonyl (C=O) groups excluding carboxylic acids is 2. The molecule has 1 aliphatic rings. The van der Waals surface area contributed by atoms with Crippen molar-refractivity contribution in [3.63, 3.8) is 0 Å². The van der Waals surface area contributed by atoms with E-state index in [0.29, 0.717) is 18.8 Å². The van der Waals surface area contributed by atoms with Crippen LogP contribution >= 0.6 is 0 Å². The average Bonchev–Trinajstić information content (AvgIpc) is 3.24. The molecule has 0 bridgehead atoms. The molecule has 1 N–H and O–H groups in total. The van der Waals surface area contributed by atoms with Crippen LogP contribution in [0, 0.1) is 6.92 Å². The molecule has 1 aliphatic heterocycles. The quantitative estimate of drug-likeness (QED) is 0.639. The van der Waals surface area contributed by atoms with Gasteiger partial charge in [-0.2, -0.15) is 13.2 Å². The third-order valence-corrected chi connectivity index (χ3v) is 5.18. The van der Waals surface area contributed by atoms with Crippen LogP contribution in [0.25, 0.3) is 0 Å². The topological polar surface area (TPSA) is 91.6 Å². The Morgan fingerprint density at radius 2 is 1.70 bits per heavy atom. The van der Waals surface area contributed by atoms with Gasteiger partial charge in [-0.05, 0) is 37.3 Å². The number of benzene rings is 1. The molecule has 2 aromatic heterocycles. The van der Waals surface area contributed by atoms with Crippen LogP contribution in [0.2, 0.25) is 0 Å². The second-order valence-corrected chi connectivity index (χ2v) is 7.52. The van der Waals surface area contributed by atoms with E-state index in [1.54, 1.807) is 34.9 Å². The Morgan fingerprint density at radius 3 is 2.33 bits per heavy atom. The van der Waals surface area contributed by atoms with E-state index in [1.807, 2.05) is 0 Å². The highest BCUT2D eigenvalue weighted by Gasteiger charge is 2.31. The van der Waals surface area contributed by atoms with Gasteiger partial charge >= 0.3 is 6.18 Å². The molecule has 0 saturated carbocycles. The van der Waals surface area contributed by atoms with Gasteiger partial charge in [0.25, 0.3) is 11.8 Å². The summed E-state index contributed by atoms with van der Waals surface area (Å²) in [5.41, 5.74) is 0.180. The minimum Gasteiger partial charge on any atom is -0.351 e. The molecule has 0 spiro atoms. The van der Waals surface area contributed by atoms with Crippen molar-refractivity contribution < 1.29 is 27.3 Å². The van der Waals surface area contributed by atoms with Crippen LogP contribution in [-0.2, 0) is 6.18 Å². The normalized spacial score (nSPS) is 14.3. The fourth-order valence-corrected chi connectivity index (χ4v) is 3.49. The standard InChI is InChI=1S/C22H20F3N5O3/c1-14-12-18(33-28-14)21(32)30-10-8-29(9-11-30)20(31)17-6-3-7-26-19(17)27-16-5-2-4-15(13-16)22(23,24)25/h2-7,12-13H,8-11H2,1H3,(H,26,27). The van der Waals surface area contributed by atoms with Crippen LogP contribution < -0.4 is 5.32 Å². The Labute approximate surface area is 187 Å². The van der Waals surface area contributed by atoms with Gasteiger partial charge in [0.05, 0.1) is 16.8 Å². The van der Waals surface area contributed by atoms with Crippen molar-refractivity contribution in [2.75, 3.05) is 31.5 Å². The van der Waals surface area contributed by atoms with Crippen LogP contribution in [0.15, 0.2) is 53.2 Å². The number of carbonyl (C=O) groups is 2. The minimum atomic E-state index is -4.48. The Bertz CT molecular complexity index is 1170. The van der Waals surface area contributed by atoms with Crippen LogP contribution in [0.3, 0.4) is 0 Å². The molecule has 3 heterocycles. The van der Waals surface area contributed by atoms with Crippen LogP contribution in [0.5, 0.6) is 0 Å². The first-order valence-corrected chi connectivity index (χ1v) is 10.1. The number of nitrogens with zero attached hydrogens (tertiary/aromatic N) is 4. The van der Waals surface area contributed by atoms with Gasteiger partial charge in [0, 0.05) is 44.1 Å². The first kappa shape index (κ1) is 22.3. The lowest BCUT2D eigenvalue weighted by atomic mass is 10.1. The highest BCUT2D eigenvalue weighted by molar-refractivity contribution is 5.99. The number of anilines is 2. The van der Waals surface area contributed by atoms with E-state index in [9.17, 15) is 22.8 Å². The number of halogens is 3. The SMILES string of the molecule is Cc1cc(C(=O)N2CCN(C(=O)c3cccnc3Nc3cccc(C(F)(F)F)c3)CC2)on1. The lowest BCUT2D eigenvalue weighted by Crippen LogP contribution is -2.50. The molecule has 1 aromatic carbocycles. The maximum Gasteiger partial charge on any atom is 0.416 e. The zero-order chi connectivity index (χ0) is 23.6. The third-order valence-electron chi connectivity index (χ3n) is 5.18. The molecule has 172 valence electrons. The van der Waals surface area contributed by atoms with Crippen molar-refractivity contribution in [1.82, 2.24) is 19.9 Å². The van der Waals surface area contributed by atoms with E-state index in [4.69, 9.17) is 4.52 Å². The largest absolute Gasteiger partial charge is 0.416 e. The van der Waals surface area contributed by atoms with Gasteiger partial charge in [-0.15, -0.1) is 0 Å². The molecular weight excluding hydrogens is 439 g/mol. The number of nitrogens with one attached hydrogen (secondary N) is 1. The van der Waals surface area contributed by atoms with Gasteiger partial charge in [-0.1, -0.05) is 11.2 Å². The first-order valence-electron chi connectivity index (χ1n) is 10.1. The number of hydrogen-bond acceptors (Lipinski definition) is 6. The predicted molar refractivity (Wildman–Crippen MR) is 112 cm³/mol. The number of rotatable bonds is 4. The minimum absolute atomic E-state index is 0.145. The van der Waals surface area contributed by atoms with Crippen molar-refractivity contribution in [2.45, 2.75) is 13.1 Å². The molecule has 0 unspecified atom stereocenters. The second kappa shape index (κ2) is 8.93. The van der Waals surface area contributed by atoms with E-state index in [1.165, 1.54) is 18.3 Å². The number of pyridine rings is 1. The van der Waals surface area contributed by atoms with Crippen LogP contribution in [-0.4, -0.2) is 57.9 Å². The number of amides is 2. The second-order valence-electron chi connectivity index (χ2n) is 7.52. The molecule has 1 saturated heterocycles. The third kappa shape index (κ3) is 4.97. The molecule has 4 rings (SSSR count). The summed E-state index contributed by atoms with van der Waals surface area (Å²) in [5.74, 6) is -0.333. The summed E-state index contributed by atoms with van der Waals surface area (Å²) in [7, 11) is 0. The van der Waals surface area contributed by atoms with E-state index in [0.717, 1.165) is 12.1 Å². The van der Waals surface area contributed by atoms with Crippen molar-refractivity contribution in [3.05, 3.63) is 71.2 Å². The van der Waals surface area contributed by atoms with E-state index in [2.05, 4.69) is 15.5 Å². The first-order chi connectivity index (χ1) is 15.7. The number of aryl methyl sites for hydroxylation is 1. The average molecular weight is 459 g/mol. The molecular formula is C22H20F3N5O3. The lowest BCUT2D eigenvalue weighted by Gasteiger charge is -2.34. The summed E-state index contributed by atoms with van der Waals surface area (Å²) < 4.78 is 44.1. The zero-order valence-electron chi connectivity index (χ0n) is 17.6. The lowest BCUT2D eigenvalue weighted by molar-refractivity contribution is -0.137. The van der Waals surface area contributed by atoms with Crippen molar-refractivity contribution in [2.24, 2.45) is 0 Å². The maximum atomic E-state index is 13.1. The monoisotopic (exact) mass is 459 g/mol. The molecule has 0 atom stereocenters. The number of aromatic nitrogens is 2. The Balaban J connectivity index is 1.45. The molecule has 3 aromatic rings. The molecule has 8 nitrogen and oxygen atoms in total. The number of hydrogen-bond donors (Lipinski definition) is 1. The van der Waals surface area contributed by atoms with Gasteiger partial charge in [0.15, 0.2) is 0 Å². The summed E-state index contributed by atoms with van der Waals surface area (Å²) in [5, 5.41) is 6.53. The van der Waals surface area contributed by atoms with E-state index >= 15 is 0 Å². The van der Waals surface area contributed by atoms with Gasteiger partial charge in [-0.3, -0.25) is 9.59 Å². The van der Waals surface area contributed by atoms with Crippen LogP contribution in [0.4, 0.5) is 24.7 Å². The Kier molecular flexibility index (Phi) is 6.03. The number of piperazine rings is 1. The fraction of sp³-hybridized carbons (Fsp3) is 0.273. The van der Waals surface area contributed by atoms with Crippen molar-refractivity contribution in [3.8, 4) is 0 Å². The highest BCUT2D eigenvalue weighted by Crippen LogP contribution is 2.31. The smallest absolute Gasteiger partial charge is 0.351 e. The van der Waals surface area contributed by atoms with E-state index < -0.39 is 11.7 Å². The van der Waals surface area contributed by atoms with Gasteiger partial charge < -0.3 is 19.6 Å². The van der Waals surface area contributed by atoms with Crippen LogP contribution in [0.1, 0.15) is 32.2 Å². The molecule has 1 fully saturated rings. The Hall–Kier alpha value is -3.89. The fourth-order valence-electron chi connectivity index (χ4n) is 3.49. The summed E-state index contributed by atoms with van der Waals surface area (Å²) in [6.45, 7) is 2.91. The van der Waals surface area contributed by atoms with Crippen molar-refractivity contribution >= 4 is 23.3 Å². The van der Waals surface area contributed by atoms with Crippen molar-refractivity contribution in [1.29, 1.82) is 0 Å². The molecule has 2 amide bonds. The molecule has 33 heavy (non-hydrogen) atoms. The maximum absolute atomic E-state index is 13.1.